The van der Waals surface area contributed by atoms with Crippen molar-refractivity contribution in [1.29, 1.82) is 0 Å². The highest BCUT2D eigenvalue weighted by Crippen LogP contribution is 2.38. The lowest BCUT2D eigenvalue weighted by Gasteiger charge is -2.23. The standard InChI is InChI=1S/C43H52N2O12/c1-29(43(51)57-39-23-18-31(26-40(39)54-2)19-24-42(50)56-34-14-10-13-32(25-34)28-55-45(52)53)44-41(49)16-9-4-3-8-15-35-36(38(48)27-37(35)47)22-21-33(46)20-17-30-11-6-5-7-12-30/h3,5-8,10-14,18-19,23-26,29,33,35-38,46-48H,4,9,15-17,20-22,27-28H2,1-2H3,(H,44,49)/t29?,33-,35+,36+,37-,38+/m0/s1. The van der Waals surface area contributed by atoms with Crippen LogP contribution in [0.25, 0.3) is 6.08 Å². The monoisotopic (exact) mass is 788 g/mol. The van der Waals surface area contributed by atoms with Crippen molar-refractivity contribution in [2.75, 3.05) is 7.11 Å². The zero-order chi connectivity index (χ0) is 41.2. The van der Waals surface area contributed by atoms with E-state index < -0.39 is 41.4 Å². The number of amides is 1. The van der Waals surface area contributed by atoms with Crippen LogP contribution in [0.15, 0.2) is 91.0 Å². The number of benzene rings is 3. The van der Waals surface area contributed by atoms with Crippen LogP contribution in [0.2, 0.25) is 0 Å². The molecular weight excluding hydrogens is 736 g/mol. The zero-order valence-corrected chi connectivity index (χ0v) is 32.2. The number of ether oxygens (including phenoxy) is 3. The Hall–Kier alpha value is -5.57. The number of unbranched alkanes of at least 4 members (excludes halogenated alkanes) is 1. The minimum atomic E-state index is -0.944. The van der Waals surface area contributed by atoms with Gasteiger partial charge in [0.15, 0.2) is 11.5 Å². The molecule has 0 aromatic heterocycles. The largest absolute Gasteiger partial charge is 0.493 e. The Morgan fingerprint density at radius 3 is 2.44 bits per heavy atom. The maximum atomic E-state index is 12.8. The molecule has 6 atom stereocenters. The molecule has 1 amide bonds. The summed E-state index contributed by atoms with van der Waals surface area (Å²) >= 11 is 0. The highest BCUT2D eigenvalue weighted by Gasteiger charge is 2.40. The molecule has 0 bridgehead atoms. The average Bonchev–Trinajstić information content (AvgIpc) is 3.47. The Labute approximate surface area is 332 Å². The number of hydrogen-bond acceptors (Lipinski definition) is 12. The Morgan fingerprint density at radius 1 is 0.930 bits per heavy atom. The van der Waals surface area contributed by atoms with Crippen LogP contribution >= 0.6 is 0 Å². The number of carbonyl (C=O) groups excluding carboxylic acids is 3. The first-order valence-corrected chi connectivity index (χ1v) is 19.1. The van der Waals surface area contributed by atoms with E-state index >= 15 is 0 Å². The molecule has 0 saturated heterocycles. The van der Waals surface area contributed by atoms with Crippen LogP contribution in [0.4, 0.5) is 0 Å². The average molecular weight is 789 g/mol. The minimum absolute atomic E-state index is 0.0981. The normalized spacial score (nSPS) is 18.9. The van der Waals surface area contributed by atoms with Crippen LogP contribution in [0.3, 0.4) is 0 Å². The number of aliphatic hydroxyl groups excluding tert-OH is 3. The van der Waals surface area contributed by atoms with Crippen molar-refractivity contribution in [3.63, 3.8) is 0 Å². The Balaban J connectivity index is 1.15. The van der Waals surface area contributed by atoms with Crippen molar-refractivity contribution in [1.82, 2.24) is 5.32 Å². The maximum Gasteiger partial charge on any atom is 0.336 e. The first-order valence-electron chi connectivity index (χ1n) is 19.1. The summed E-state index contributed by atoms with van der Waals surface area (Å²) in [5.41, 5.74) is 2.16. The van der Waals surface area contributed by atoms with Gasteiger partial charge in [-0.05, 0) is 117 Å². The topological polar surface area (TPSA) is 204 Å². The van der Waals surface area contributed by atoms with E-state index in [1.807, 2.05) is 42.5 Å². The fraction of sp³-hybridized carbons (Fsp3) is 0.419. The molecule has 1 unspecified atom stereocenters. The predicted octanol–water partition coefficient (Wildman–Crippen LogP) is 5.68. The fourth-order valence-corrected chi connectivity index (χ4v) is 6.75. The molecule has 1 aliphatic rings. The number of rotatable bonds is 22. The van der Waals surface area contributed by atoms with Crippen LogP contribution in [0.1, 0.15) is 75.0 Å². The predicted molar refractivity (Wildman–Crippen MR) is 210 cm³/mol. The molecule has 1 saturated carbocycles. The quantitative estimate of drug-likeness (QED) is 0.0185. The number of allylic oxidation sites excluding steroid dienone is 2. The van der Waals surface area contributed by atoms with Gasteiger partial charge in [0.1, 0.15) is 18.4 Å². The molecule has 4 N–H and O–H groups in total. The lowest BCUT2D eigenvalue weighted by Crippen LogP contribution is -2.40. The van der Waals surface area contributed by atoms with Crippen LogP contribution in [-0.4, -0.2) is 69.7 Å². The van der Waals surface area contributed by atoms with Gasteiger partial charge >= 0.3 is 11.9 Å². The van der Waals surface area contributed by atoms with Gasteiger partial charge in [-0.15, -0.1) is 10.1 Å². The molecule has 306 valence electrons. The molecule has 1 aliphatic carbocycles. The summed E-state index contributed by atoms with van der Waals surface area (Å²) in [5, 5.41) is 43.9. The molecule has 14 heteroatoms. The number of nitrogens with zero attached hydrogens (tertiary/aromatic N) is 1. The van der Waals surface area contributed by atoms with Crippen LogP contribution in [0.5, 0.6) is 17.2 Å². The third-order valence-electron chi connectivity index (χ3n) is 9.81. The molecule has 1 fully saturated rings. The van der Waals surface area contributed by atoms with Crippen molar-refractivity contribution >= 4 is 23.9 Å². The molecule has 4 rings (SSSR count). The molecule has 3 aromatic rings. The number of nitrogens with one attached hydrogen (secondary N) is 1. The molecule has 0 radical (unpaired) electrons. The van der Waals surface area contributed by atoms with Gasteiger partial charge in [0.2, 0.25) is 5.91 Å². The fourth-order valence-electron chi connectivity index (χ4n) is 6.75. The summed E-state index contributed by atoms with van der Waals surface area (Å²) in [6.07, 6.45) is 9.77. The molecule has 0 heterocycles. The van der Waals surface area contributed by atoms with Crippen molar-refractivity contribution in [3.8, 4) is 17.2 Å². The summed E-state index contributed by atoms with van der Waals surface area (Å²) in [6.45, 7) is 1.22. The number of aryl methyl sites for hydroxylation is 1. The lowest BCUT2D eigenvalue weighted by atomic mass is 9.85. The van der Waals surface area contributed by atoms with E-state index in [2.05, 4.69) is 10.2 Å². The van der Waals surface area contributed by atoms with Crippen molar-refractivity contribution in [2.45, 2.75) is 95.7 Å². The van der Waals surface area contributed by atoms with Crippen molar-refractivity contribution in [3.05, 3.63) is 118 Å². The number of carbonyl (C=O) groups is 3. The number of methoxy groups -OCH3 is 1. The second-order valence-corrected chi connectivity index (χ2v) is 14.1. The second kappa shape index (κ2) is 22.9. The Morgan fingerprint density at radius 2 is 1.68 bits per heavy atom. The van der Waals surface area contributed by atoms with Crippen molar-refractivity contribution < 1.29 is 53.8 Å². The van der Waals surface area contributed by atoms with Gasteiger partial charge in [-0.3, -0.25) is 4.79 Å². The number of aliphatic hydroxyl groups is 3. The summed E-state index contributed by atoms with van der Waals surface area (Å²) in [7, 11) is 1.39. The molecule has 57 heavy (non-hydrogen) atoms. The molecule has 0 spiro atoms. The van der Waals surface area contributed by atoms with E-state index in [9.17, 15) is 39.8 Å². The van der Waals surface area contributed by atoms with E-state index in [-0.39, 0.29) is 48.0 Å². The van der Waals surface area contributed by atoms with E-state index in [0.29, 0.717) is 56.1 Å². The molecule has 0 aliphatic heterocycles. The summed E-state index contributed by atoms with van der Waals surface area (Å²) in [5.74, 6) is -1.41. The SMILES string of the molecule is COc1cc(C=CC(=O)Oc2cccc(CO[N+](=O)[O-])c2)ccc1OC(=O)C(C)NC(=O)CCCC=CC[C@@H]1[C@@H](CC[C@@H](O)CCc2ccccc2)[C@H](O)C[C@@H]1O. The second-order valence-electron chi connectivity index (χ2n) is 14.1. The zero-order valence-electron chi connectivity index (χ0n) is 32.2. The van der Waals surface area contributed by atoms with Gasteiger partial charge in [0.05, 0.1) is 25.4 Å². The van der Waals surface area contributed by atoms with Gasteiger partial charge in [-0.1, -0.05) is 60.7 Å². The van der Waals surface area contributed by atoms with Gasteiger partial charge in [0.25, 0.3) is 5.09 Å². The third kappa shape index (κ3) is 15.1. The number of esters is 2. The first-order chi connectivity index (χ1) is 27.4. The van der Waals surface area contributed by atoms with Crippen LogP contribution < -0.4 is 19.5 Å². The van der Waals surface area contributed by atoms with Gasteiger partial charge in [-0.25, -0.2) is 9.59 Å². The van der Waals surface area contributed by atoms with Gasteiger partial charge in [0, 0.05) is 12.5 Å². The molecule has 14 nitrogen and oxygen atoms in total. The summed E-state index contributed by atoms with van der Waals surface area (Å²) in [4.78, 5) is 52.5. The molecule has 3 aromatic carbocycles. The smallest absolute Gasteiger partial charge is 0.336 e. The first kappa shape index (κ1) is 44.1. The maximum absolute atomic E-state index is 12.8. The van der Waals surface area contributed by atoms with Crippen LogP contribution in [-0.2, 0) is 32.2 Å². The Kier molecular flexibility index (Phi) is 17.7. The van der Waals surface area contributed by atoms with Crippen LogP contribution in [0, 0.1) is 22.0 Å². The van der Waals surface area contributed by atoms with Crippen molar-refractivity contribution in [2.24, 2.45) is 11.8 Å². The summed E-state index contributed by atoms with van der Waals surface area (Å²) < 4.78 is 16.1. The highest BCUT2D eigenvalue weighted by atomic mass is 16.9. The molecular formula is C43H52N2O12. The van der Waals surface area contributed by atoms with E-state index in [0.717, 1.165) is 6.42 Å². The van der Waals surface area contributed by atoms with Gasteiger partial charge < -0.3 is 39.7 Å². The number of hydrogen-bond donors (Lipinski definition) is 4. The third-order valence-corrected chi connectivity index (χ3v) is 9.81. The summed E-state index contributed by atoms with van der Waals surface area (Å²) in [6, 6.07) is 19.8. The highest BCUT2D eigenvalue weighted by molar-refractivity contribution is 5.89. The van der Waals surface area contributed by atoms with Gasteiger partial charge in [-0.2, -0.15) is 0 Å². The lowest BCUT2D eigenvalue weighted by molar-refractivity contribution is -0.763. The Bertz CT molecular complexity index is 1830. The minimum Gasteiger partial charge on any atom is -0.493 e. The van der Waals surface area contributed by atoms with E-state index in [4.69, 9.17) is 14.2 Å². The van der Waals surface area contributed by atoms with E-state index in [1.54, 1.807) is 24.3 Å². The van der Waals surface area contributed by atoms with E-state index in [1.165, 1.54) is 49.9 Å².